The van der Waals surface area contributed by atoms with E-state index in [0.717, 1.165) is 12.1 Å². The van der Waals surface area contributed by atoms with Crippen molar-refractivity contribution in [1.82, 2.24) is 10.3 Å². The van der Waals surface area contributed by atoms with E-state index in [4.69, 9.17) is 27.9 Å². The van der Waals surface area contributed by atoms with Gasteiger partial charge < -0.3 is 10.1 Å². The van der Waals surface area contributed by atoms with Crippen molar-refractivity contribution in [3.63, 3.8) is 0 Å². The first-order chi connectivity index (χ1) is 9.60. The third-order valence-corrected chi connectivity index (χ3v) is 3.11. The number of halogens is 3. The van der Waals surface area contributed by atoms with Gasteiger partial charge in [0.2, 0.25) is 5.88 Å². The maximum Gasteiger partial charge on any atom is 0.238 e. The number of ether oxygens (including phenoxy) is 1. The summed E-state index contributed by atoms with van der Waals surface area (Å²) in [5.74, 6) is 0.138. The normalized spacial score (nSPS) is 10.6. The van der Waals surface area contributed by atoms with Crippen LogP contribution in [0.5, 0.6) is 11.6 Å². The molecule has 0 radical (unpaired) electrons. The molecule has 106 valence electrons. The monoisotopic (exact) mass is 314 g/mol. The molecule has 0 saturated heterocycles. The first kappa shape index (κ1) is 15.0. The van der Waals surface area contributed by atoms with E-state index in [1.54, 1.807) is 12.3 Å². The summed E-state index contributed by atoms with van der Waals surface area (Å²) in [7, 11) is 0. The van der Waals surface area contributed by atoms with Crippen LogP contribution in [0.3, 0.4) is 0 Å². The lowest BCUT2D eigenvalue weighted by Crippen LogP contribution is -2.11. The topological polar surface area (TPSA) is 34.2 Å². The van der Waals surface area contributed by atoms with E-state index in [0.29, 0.717) is 17.3 Å². The number of nitrogens with zero attached hydrogens (tertiary/aromatic N) is 1. The van der Waals surface area contributed by atoms with Gasteiger partial charge in [-0.25, -0.2) is 9.37 Å². The fraction of sp³-hybridized carbons (Fsp3) is 0.214. The molecular weight excluding hydrogens is 302 g/mol. The second kappa shape index (κ2) is 6.88. The maximum absolute atomic E-state index is 13.1. The summed E-state index contributed by atoms with van der Waals surface area (Å²) in [4.78, 5) is 4.15. The van der Waals surface area contributed by atoms with Crippen LogP contribution >= 0.6 is 23.2 Å². The molecule has 0 saturated carbocycles. The SMILES string of the molecule is CCNCc1cnc(Oc2ccc(F)c(Cl)c2)c(Cl)c1. The fourth-order valence-electron chi connectivity index (χ4n) is 1.56. The van der Waals surface area contributed by atoms with Crippen LogP contribution in [0.25, 0.3) is 0 Å². The van der Waals surface area contributed by atoms with Crippen molar-refractivity contribution in [3.05, 3.63) is 51.9 Å². The largest absolute Gasteiger partial charge is 0.437 e. The van der Waals surface area contributed by atoms with Gasteiger partial charge in [0.05, 0.1) is 5.02 Å². The van der Waals surface area contributed by atoms with Crippen LogP contribution < -0.4 is 10.1 Å². The minimum atomic E-state index is -0.501. The van der Waals surface area contributed by atoms with Crippen LogP contribution in [0, 0.1) is 5.82 Å². The molecule has 0 fully saturated rings. The lowest BCUT2D eigenvalue weighted by molar-refractivity contribution is 0.461. The summed E-state index contributed by atoms with van der Waals surface area (Å²) in [6, 6.07) is 5.84. The lowest BCUT2D eigenvalue weighted by Gasteiger charge is -2.09. The number of benzene rings is 1. The van der Waals surface area contributed by atoms with Crippen molar-refractivity contribution < 1.29 is 9.13 Å². The Morgan fingerprint density at radius 1 is 1.25 bits per heavy atom. The molecule has 0 spiro atoms. The molecule has 20 heavy (non-hydrogen) atoms. The number of hydrogen-bond acceptors (Lipinski definition) is 3. The van der Waals surface area contributed by atoms with E-state index in [-0.39, 0.29) is 10.9 Å². The van der Waals surface area contributed by atoms with Gasteiger partial charge in [0.25, 0.3) is 0 Å². The molecule has 2 aromatic rings. The van der Waals surface area contributed by atoms with Gasteiger partial charge in [-0.05, 0) is 30.3 Å². The molecule has 1 aromatic heterocycles. The Labute approximate surface area is 126 Å². The van der Waals surface area contributed by atoms with Gasteiger partial charge in [-0.3, -0.25) is 0 Å². The lowest BCUT2D eigenvalue weighted by atomic mass is 10.3. The van der Waals surface area contributed by atoms with Crippen LogP contribution in [0.1, 0.15) is 12.5 Å². The highest BCUT2D eigenvalue weighted by molar-refractivity contribution is 6.32. The average molecular weight is 315 g/mol. The Bertz CT molecular complexity index is 608. The second-order valence-electron chi connectivity index (χ2n) is 4.09. The molecular formula is C14H13Cl2FN2O. The number of aromatic nitrogens is 1. The van der Waals surface area contributed by atoms with Gasteiger partial charge in [0, 0.05) is 18.8 Å². The number of hydrogen-bond donors (Lipinski definition) is 1. The fourth-order valence-corrected chi connectivity index (χ4v) is 1.96. The molecule has 0 unspecified atom stereocenters. The molecule has 2 rings (SSSR count). The highest BCUT2D eigenvalue weighted by atomic mass is 35.5. The minimum absolute atomic E-state index is 0.0117. The second-order valence-corrected chi connectivity index (χ2v) is 4.90. The third-order valence-electron chi connectivity index (χ3n) is 2.55. The van der Waals surface area contributed by atoms with Crippen LogP contribution in [-0.4, -0.2) is 11.5 Å². The minimum Gasteiger partial charge on any atom is -0.437 e. The van der Waals surface area contributed by atoms with E-state index in [9.17, 15) is 4.39 Å². The molecule has 0 bridgehead atoms. The van der Waals surface area contributed by atoms with Gasteiger partial charge in [0.1, 0.15) is 16.6 Å². The Hall–Kier alpha value is -1.36. The van der Waals surface area contributed by atoms with Gasteiger partial charge >= 0.3 is 0 Å². The van der Waals surface area contributed by atoms with Crippen molar-refractivity contribution in [1.29, 1.82) is 0 Å². The number of rotatable bonds is 5. The van der Waals surface area contributed by atoms with E-state index in [1.165, 1.54) is 18.2 Å². The smallest absolute Gasteiger partial charge is 0.238 e. The highest BCUT2D eigenvalue weighted by Gasteiger charge is 2.08. The van der Waals surface area contributed by atoms with E-state index < -0.39 is 5.82 Å². The Balaban J connectivity index is 2.14. The summed E-state index contributed by atoms with van der Waals surface area (Å²) < 4.78 is 18.5. The zero-order valence-electron chi connectivity index (χ0n) is 10.8. The number of pyridine rings is 1. The summed E-state index contributed by atoms with van der Waals surface area (Å²) in [5.41, 5.74) is 0.960. The molecule has 1 heterocycles. The molecule has 0 aliphatic heterocycles. The Kier molecular flexibility index (Phi) is 5.17. The molecule has 0 aliphatic carbocycles. The zero-order valence-corrected chi connectivity index (χ0v) is 12.3. The van der Waals surface area contributed by atoms with Crippen LogP contribution in [0.4, 0.5) is 4.39 Å². The third kappa shape index (κ3) is 3.82. The molecule has 1 aromatic carbocycles. The molecule has 1 N–H and O–H groups in total. The molecule has 0 amide bonds. The van der Waals surface area contributed by atoms with Crippen LogP contribution in [-0.2, 0) is 6.54 Å². The summed E-state index contributed by atoms with van der Waals surface area (Å²) >= 11 is 11.8. The van der Waals surface area contributed by atoms with E-state index in [1.807, 2.05) is 6.92 Å². The zero-order chi connectivity index (χ0) is 14.5. The summed E-state index contributed by atoms with van der Waals surface area (Å²) in [5, 5.41) is 3.55. The highest BCUT2D eigenvalue weighted by Crippen LogP contribution is 2.29. The van der Waals surface area contributed by atoms with E-state index >= 15 is 0 Å². The molecule has 0 aliphatic rings. The van der Waals surface area contributed by atoms with Crippen molar-refractivity contribution in [2.75, 3.05) is 6.54 Å². The van der Waals surface area contributed by atoms with Gasteiger partial charge in [-0.2, -0.15) is 0 Å². The quantitative estimate of drug-likeness (QED) is 0.886. The van der Waals surface area contributed by atoms with Crippen molar-refractivity contribution in [2.45, 2.75) is 13.5 Å². The van der Waals surface area contributed by atoms with Crippen molar-refractivity contribution in [3.8, 4) is 11.6 Å². The van der Waals surface area contributed by atoms with Gasteiger partial charge in [-0.15, -0.1) is 0 Å². The first-order valence-electron chi connectivity index (χ1n) is 6.08. The van der Waals surface area contributed by atoms with E-state index in [2.05, 4.69) is 10.3 Å². The molecule has 3 nitrogen and oxygen atoms in total. The van der Waals surface area contributed by atoms with Crippen LogP contribution in [0.2, 0.25) is 10.0 Å². The van der Waals surface area contributed by atoms with Crippen molar-refractivity contribution in [2.24, 2.45) is 0 Å². The van der Waals surface area contributed by atoms with Gasteiger partial charge in [-0.1, -0.05) is 30.1 Å². The maximum atomic E-state index is 13.1. The van der Waals surface area contributed by atoms with Gasteiger partial charge in [0.15, 0.2) is 0 Å². The summed E-state index contributed by atoms with van der Waals surface area (Å²) in [6.07, 6.45) is 1.68. The van der Waals surface area contributed by atoms with Crippen LogP contribution in [0.15, 0.2) is 30.5 Å². The standard InChI is InChI=1S/C14H13Cl2FN2O/c1-2-18-7-9-5-12(16)14(19-8-9)20-10-3-4-13(17)11(15)6-10/h3-6,8,18H,2,7H2,1H3. The molecule has 0 atom stereocenters. The number of nitrogens with one attached hydrogen (secondary N) is 1. The van der Waals surface area contributed by atoms with Crippen molar-refractivity contribution >= 4 is 23.2 Å². The predicted molar refractivity (Wildman–Crippen MR) is 78.1 cm³/mol. The molecule has 6 heteroatoms. The summed E-state index contributed by atoms with van der Waals surface area (Å²) in [6.45, 7) is 3.57. The Morgan fingerprint density at radius 3 is 2.70 bits per heavy atom. The predicted octanol–water partition coefficient (Wildman–Crippen LogP) is 4.43. The first-order valence-corrected chi connectivity index (χ1v) is 6.83. The average Bonchev–Trinajstić information content (AvgIpc) is 2.43. The Morgan fingerprint density at radius 2 is 2.05 bits per heavy atom.